The number of benzene rings is 3. The molecule has 0 aliphatic heterocycles. The van der Waals surface area contributed by atoms with Crippen LogP contribution < -0.4 is 5.69 Å². The maximum Gasteiger partial charge on any atom is 0.333 e. The van der Waals surface area contributed by atoms with Gasteiger partial charge in [-0.1, -0.05) is 42.0 Å². The number of nitrogens with one attached hydrogen (secondary N) is 1. The van der Waals surface area contributed by atoms with Crippen molar-refractivity contribution in [2.45, 2.75) is 6.92 Å². The second-order valence-electron chi connectivity index (χ2n) is 8.50. The van der Waals surface area contributed by atoms with E-state index in [9.17, 15) is 4.79 Å². The minimum Gasteiger partial charge on any atom is -0.338 e. The van der Waals surface area contributed by atoms with Crippen LogP contribution in [0.4, 0.5) is 0 Å². The molecule has 1 N–H and O–H groups in total. The lowest BCUT2D eigenvalue weighted by Crippen LogP contribution is -2.20. The predicted octanol–water partition coefficient (Wildman–Crippen LogP) is 5.15. The first-order valence-corrected chi connectivity index (χ1v) is 11.3. The second-order valence-corrected chi connectivity index (χ2v) is 8.50. The molecular weight excluding hydrogens is 436 g/mol. The van der Waals surface area contributed by atoms with Crippen molar-refractivity contribution >= 4 is 11.0 Å². The standard InChI is InChI=1S/C28H22N6O/c1-18-8-10-21(24-16-29-12-13-30-24)22(14-18)27-31-17-23(32-27)19-9-11-25-26(15-19)33(2)28(35)34(25)20-6-4-3-5-7-20/h3-17H,1-2H3,(H,31,32). The maximum absolute atomic E-state index is 13.0. The van der Waals surface area contributed by atoms with Crippen molar-refractivity contribution in [2.75, 3.05) is 0 Å². The molecule has 0 amide bonds. The van der Waals surface area contributed by atoms with E-state index in [1.54, 1.807) is 34.8 Å². The van der Waals surface area contributed by atoms with Gasteiger partial charge in [-0.3, -0.25) is 19.1 Å². The molecule has 0 saturated heterocycles. The molecule has 7 heteroatoms. The van der Waals surface area contributed by atoms with Gasteiger partial charge in [0.2, 0.25) is 0 Å². The van der Waals surface area contributed by atoms with Crippen molar-refractivity contribution in [2.24, 2.45) is 7.05 Å². The van der Waals surface area contributed by atoms with Crippen LogP contribution in [0.5, 0.6) is 0 Å². The molecular formula is C28H22N6O. The molecule has 0 aliphatic rings. The zero-order valence-corrected chi connectivity index (χ0v) is 19.3. The number of hydrogen-bond acceptors (Lipinski definition) is 4. The van der Waals surface area contributed by atoms with Crippen LogP contribution in [-0.4, -0.2) is 29.1 Å². The van der Waals surface area contributed by atoms with Crippen LogP contribution in [0.15, 0.2) is 96.3 Å². The highest BCUT2D eigenvalue weighted by atomic mass is 16.1. The Bertz CT molecular complexity index is 1730. The fourth-order valence-corrected chi connectivity index (χ4v) is 4.45. The number of para-hydroxylation sites is 1. The maximum atomic E-state index is 13.0. The van der Waals surface area contributed by atoms with E-state index in [4.69, 9.17) is 0 Å². The van der Waals surface area contributed by atoms with Crippen LogP contribution >= 0.6 is 0 Å². The molecule has 6 aromatic rings. The summed E-state index contributed by atoms with van der Waals surface area (Å²) in [7, 11) is 1.80. The average molecular weight is 459 g/mol. The van der Waals surface area contributed by atoms with Crippen molar-refractivity contribution in [3.8, 4) is 39.6 Å². The molecule has 170 valence electrons. The van der Waals surface area contributed by atoms with Gasteiger partial charge in [0.15, 0.2) is 0 Å². The lowest BCUT2D eigenvalue weighted by atomic mass is 10.0. The second kappa shape index (κ2) is 8.22. The summed E-state index contributed by atoms with van der Waals surface area (Å²) in [5.41, 5.74) is 8.13. The molecule has 3 aromatic carbocycles. The summed E-state index contributed by atoms with van der Waals surface area (Å²) in [5.74, 6) is 0.750. The van der Waals surface area contributed by atoms with E-state index in [-0.39, 0.29) is 5.69 Å². The number of rotatable bonds is 4. The number of nitrogens with zero attached hydrogens (tertiary/aromatic N) is 5. The number of imidazole rings is 2. The van der Waals surface area contributed by atoms with Crippen LogP contribution in [0.2, 0.25) is 0 Å². The van der Waals surface area contributed by atoms with E-state index in [0.717, 1.165) is 56.2 Å². The van der Waals surface area contributed by atoms with Crippen LogP contribution in [0.1, 0.15) is 5.56 Å². The van der Waals surface area contributed by atoms with E-state index < -0.39 is 0 Å². The van der Waals surface area contributed by atoms with Crippen LogP contribution in [-0.2, 0) is 7.05 Å². The first-order chi connectivity index (χ1) is 17.1. The highest BCUT2D eigenvalue weighted by molar-refractivity contribution is 5.84. The van der Waals surface area contributed by atoms with E-state index in [0.29, 0.717) is 0 Å². The van der Waals surface area contributed by atoms with Crippen LogP contribution in [0.25, 0.3) is 50.6 Å². The molecule has 0 bridgehead atoms. The normalized spacial score (nSPS) is 11.3. The highest BCUT2D eigenvalue weighted by Crippen LogP contribution is 2.32. The van der Waals surface area contributed by atoms with Gasteiger partial charge in [-0.15, -0.1) is 0 Å². The Labute approximate surface area is 201 Å². The minimum absolute atomic E-state index is 0.0815. The first kappa shape index (κ1) is 20.8. The molecule has 3 heterocycles. The Balaban J connectivity index is 1.45. The number of fused-ring (bicyclic) bond motifs is 1. The van der Waals surface area contributed by atoms with Crippen molar-refractivity contribution in [1.29, 1.82) is 0 Å². The summed E-state index contributed by atoms with van der Waals surface area (Å²) in [4.78, 5) is 29.9. The number of H-pyrrole nitrogens is 1. The summed E-state index contributed by atoms with van der Waals surface area (Å²) >= 11 is 0. The van der Waals surface area contributed by atoms with E-state index in [1.807, 2.05) is 60.8 Å². The Morgan fingerprint density at radius 2 is 1.69 bits per heavy atom. The number of hydrogen-bond donors (Lipinski definition) is 1. The molecule has 6 rings (SSSR count). The zero-order chi connectivity index (χ0) is 23.9. The molecule has 0 saturated carbocycles. The molecule has 0 fully saturated rings. The topological polar surface area (TPSA) is 81.4 Å². The summed E-state index contributed by atoms with van der Waals surface area (Å²) in [6.45, 7) is 2.06. The van der Waals surface area contributed by atoms with Crippen LogP contribution in [0, 0.1) is 6.92 Å². The zero-order valence-electron chi connectivity index (χ0n) is 19.3. The van der Waals surface area contributed by atoms with Crippen molar-refractivity contribution in [3.63, 3.8) is 0 Å². The van der Waals surface area contributed by atoms with Gasteiger partial charge >= 0.3 is 5.69 Å². The van der Waals surface area contributed by atoms with Crippen molar-refractivity contribution in [1.82, 2.24) is 29.1 Å². The van der Waals surface area contributed by atoms with E-state index in [2.05, 4.69) is 39.0 Å². The average Bonchev–Trinajstić information content (AvgIpc) is 3.48. The minimum atomic E-state index is -0.0815. The smallest absolute Gasteiger partial charge is 0.333 e. The van der Waals surface area contributed by atoms with Gasteiger partial charge in [0.05, 0.1) is 40.5 Å². The molecule has 3 aromatic heterocycles. The van der Waals surface area contributed by atoms with Crippen molar-refractivity contribution < 1.29 is 0 Å². The lowest BCUT2D eigenvalue weighted by molar-refractivity contribution is 0.846. The third-order valence-electron chi connectivity index (χ3n) is 6.23. The van der Waals surface area contributed by atoms with E-state index >= 15 is 0 Å². The largest absolute Gasteiger partial charge is 0.338 e. The van der Waals surface area contributed by atoms with Gasteiger partial charge in [-0.05, 0) is 37.3 Å². The van der Waals surface area contributed by atoms with Gasteiger partial charge in [0, 0.05) is 36.1 Å². The molecule has 7 nitrogen and oxygen atoms in total. The van der Waals surface area contributed by atoms with Gasteiger partial charge in [0.25, 0.3) is 0 Å². The van der Waals surface area contributed by atoms with Gasteiger partial charge in [0.1, 0.15) is 5.82 Å². The Hall–Kier alpha value is -4.78. The number of aryl methyl sites for hydroxylation is 2. The van der Waals surface area contributed by atoms with Gasteiger partial charge < -0.3 is 4.98 Å². The summed E-state index contributed by atoms with van der Waals surface area (Å²) in [6, 6.07) is 21.9. The quantitative estimate of drug-likeness (QED) is 0.396. The predicted molar refractivity (Wildman–Crippen MR) is 137 cm³/mol. The summed E-state index contributed by atoms with van der Waals surface area (Å²) < 4.78 is 3.41. The van der Waals surface area contributed by atoms with Crippen LogP contribution in [0.3, 0.4) is 0 Å². The van der Waals surface area contributed by atoms with E-state index in [1.165, 1.54) is 0 Å². The number of aromatic amines is 1. The summed E-state index contributed by atoms with van der Waals surface area (Å²) in [5, 5.41) is 0. The number of aromatic nitrogens is 6. The Morgan fingerprint density at radius 3 is 2.49 bits per heavy atom. The third-order valence-corrected chi connectivity index (χ3v) is 6.23. The Morgan fingerprint density at radius 1 is 0.829 bits per heavy atom. The summed E-state index contributed by atoms with van der Waals surface area (Å²) in [6.07, 6.45) is 6.93. The molecule has 0 spiro atoms. The highest BCUT2D eigenvalue weighted by Gasteiger charge is 2.16. The molecule has 0 aliphatic carbocycles. The van der Waals surface area contributed by atoms with Gasteiger partial charge in [-0.25, -0.2) is 9.78 Å². The molecule has 35 heavy (non-hydrogen) atoms. The first-order valence-electron chi connectivity index (χ1n) is 11.3. The SMILES string of the molecule is Cc1ccc(-c2cnccn2)c(-c2ncc(-c3ccc4c(c3)n(C)c(=O)n4-c3ccccc3)[nH]2)c1. The Kier molecular flexibility index (Phi) is 4.88. The fourth-order valence-electron chi connectivity index (χ4n) is 4.45. The fraction of sp³-hybridized carbons (Fsp3) is 0.0714. The van der Waals surface area contributed by atoms with Gasteiger partial charge in [-0.2, -0.15) is 0 Å². The monoisotopic (exact) mass is 458 g/mol. The molecule has 0 unspecified atom stereocenters. The molecule has 0 atom stereocenters. The lowest BCUT2D eigenvalue weighted by Gasteiger charge is -2.08. The molecule has 0 radical (unpaired) electrons. The van der Waals surface area contributed by atoms with Crippen molar-refractivity contribution in [3.05, 3.63) is 108 Å². The third kappa shape index (κ3) is 3.54.